The van der Waals surface area contributed by atoms with Gasteiger partial charge in [-0.15, -0.1) is 0 Å². The Morgan fingerprint density at radius 3 is 1.43 bits per heavy atom. The van der Waals surface area contributed by atoms with E-state index in [-0.39, 0.29) is 5.56 Å². The fraction of sp³-hybridized carbons (Fsp3) is 0.538. The van der Waals surface area contributed by atoms with E-state index in [0.29, 0.717) is 4.72 Å². The lowest BCUT2D eigenvalue weighted by Gasteiger charge is -2.39. The summed E-state index contributed by atoms with van der Waals surface area (Å²) in [7, 11) is -7.01. The smallest absolute Gasteiger partial charge is 0.206 e. The molecule has 0 amide bonds. The second-order valence-electron chi connectivity index (χ2n) is 5.62. The summed E-state index contributed by atoms with van der Waals surface area (Å²) in [4.78, 5) is 0. The van der Waals surface area contributed by atoms with Crippen LogP contribution in [0.4, 0.5) is 57.1 Å². The third kappa shape index (κ3) is 3.80. The molecule has 0 aliphatic rings. The maximum Gasteiger partial charge on any atom is 0.460 e. The molecule has 3 nitrogen and oxygen atoms in total. The van der Waals surface area contributed by atoms with Gasteiger partial charge in [-0.25, -0.2) is 13.1 Å². The minimum absolute atomic E-state index is 0.221. The number of rotatable bonds is 8. The van der Waals surface area contributed by atoms with E-state index in [1.54, 1.807) is 0 Å². The van der Waals surface area contributed by atoms with Crippen LogP contribution in [0, 0.1) is 0 Å². The average molecular weight is 489 g/mol. The zero-order valence-electron chi connectivity index (χ0n) is 13.7. The average Bonchev–Trinajstić information content (AvgIpc) is 2.59. The molecule has 174 valence electrons. The van der Waals surface area contributed by atoms with Crippen molar-refractivity contribution in [1.82, 2.24) is 4.72 Å². The lowest BCUT2D eigenvalue weighted by atomic mass is 9.98. The molecular weight excluding hydrogens is 481 g/mol. The number of nitrogens with one attached hydrogen (secondary N) is 1. The molecule has 1 aromatic rings. The number of halogens is 13. The quantitative estimate of drug-likeness (QED) is 0.534. The minimum atomic E-state index is -8.18. The summed E-state index contributed by atoms with van der Waals surface area (Å²) in [6.45, 7) is -1.27. The Kier molecular flexibility index (Phi) is 6.49. The van der Waals surface area contributed by atoms with E-state index in [9.17, 15) is 65.5 Å². The van der Waals surface area contributed by atoms with Crippen LogP contribution in [0.2, 0.25) is 0 Å². The van der Waals surface area contributed by atoms with Crippen LogP contribution in [-0.2, 0) is 16.6 Å². The van der Waals surface area contributed by atoms with Crippen molar-refractivity contribution in [1.29, 1.82) is 0 Å². The van der Waals surface area contributed by atoms with Gasteiger partial charge >= 0.3 is 35.1 Å². The standard InChI is InChI=1S/C13H8F13NO2S/c14-8(15,10(18,19)12(22,23)24)9(16,17)11(20,21)13(25,26)30(28,29)27-6-7-4-2-1-3-5-7/h1-5,27H,6H2. The molecule has 0 saturated heterocycles. The summed E-state index contributed by atoms with van der Waals surface area (Å²) in [6, 6.07) is 5.73. The van der Waals surface area contributed by atoms with E-state index >= 15 is 0 Å². The van der Waals surface area contributed by atoms with E-state index in [2.05, 4.69) is 0 Å². The number of sulfonamides is 1. The highest BCUT2D eigenvalue weighted by atomic mass is 32.2. The van der Waals surface area contributed by atoms with Gasteiger partial charge in [0.05, 0.1) is 0 Å². The molecular formula is C13H8F13NO2S. The lowest BCUT2D eigenvalue weighted by molar-refractivity contribution is -0.433. The fourth-order valence-electron chi connectivity index (χ4n) is 1.79. The van der Waals surface area contributed by atoms with Gasteiger partial charge in [-0.05, 0) is 5.56 Å². The lowest BCUT2D eigenvalue weighted by Crippen LogP contribution is -2.71. The monoisotopic (exact) mass is 489 g/mol. The first-order valence-corrected chi connectivity index (χ1v) is 8.55. The van der Waals surface area contributed by atoms with Gasteiger partial charge < -0.3 is 0 Å². The molecule has 1 rings (SSSR count). The predicted molar refractivity (Wildman–Crippen MR) is 73.0 cm³/mol. The molecule has 17 heteroatoms. The molecule has 0 unspecified atom stereocenters. The molecule has 0 radical (unpaired) electrons. The summed E-state index contributed by atoms with van der Waals surface area (Å²) in [5.74, 6) is -32.2. The van der Waals surface area contributed by atoms with Crippen molar-refractivity contribution in [2.24, 2.45) is 0 Å². The summed E-state index contributed by atoms with van der Waals surface area (Å²) in [6.07, 6.45) is -7.57. The molecule has 0 heterocycles. The molecule has 0 fully saturated rings. The molecule has 0 bridgehead atoms. The first kappa shape index (κ1) is 26.3. The van der Waals surface area contributed by atoms with Crippen molar-refractivity contribution in [2.75, 3.05) is 0 Å². The van der Waals surface area contributed by atoms with Gasteiger partial charge in [0.15, 0.2) is 0 Å². The highest BCUT2D eigenvalue weighted by Crippen LogP contribution is 2.60. The minimum Gasteiger partial charge on any atom is -0.206 e. The van der Waals surface area contributed by atoms with Gasteiger partial charge in [0.25, 0.3) is 10.0 Å². The van der Waals surface area contributed by atoms with Crippen LogP contribution < -0.4 is 4.72 Å². The Balaban J connectivity index is 3.40. The largest absolute Gasteiger partial charge is 0.460 e. The molecule has 1 N–H and O–H groups in total. The number of benzene rings is 1. The second-order valence-corrected chi connectivity index (χ2v) is 7.43. The molecule has 0 atom stereocenters. The van der Waals surface area contributed by atoms with Crippen LogP contribution in [0.15, 0.2) is 30.3 Å². The highest BCUT2D eigenvalue weighted by Gasteiger charge is 2.92. The van der Waals surface area contributed by atoms with E-state index in [0.717, 1.165) is 12.1 Å². The Bertz CT molecular complexity index is 850. The molecule has 0 aromatic heterocycles. The molecule has 0 aliphatic heterocycles. The van der Waals surface area contributed by atoms with E-state index in [1.807, 2.05) is 0 Å². The summed E-state index contributed by atoms with van der Waals surface area (Å²) in [5.41, 5.74) is -0.221. The van der Waals surface area contributed by atoms with Crippen molar-refractivity contribution in [3.8, 4) is 0 Å². The van der Waals surface area contributed by atoms with Crippen LogP contribution in [0.3, 0.4) is 0 Å². The van der Waals surface area contributed by atoms with Gasteiger partial charge in [0.1, 0.15) is 0 Å². The van der Waals surface area contributed by atoms with E-state index < -0.39 is 51.7 Å². The van der Waals surface area contributed by atoms with Gasteiger partial charge in [0, 0.05) is 6.54 Å². The van der Waals surface area contributed by atoms with Crippen molar-refractivity contribution in [3.63, 3.8) is 0 Å². The Morgan fingerprint density at radius 2 is 1.03 bits per heavy atom. The molecule has 0 saturated carbocycles. The maximum atomic E-state index is 13.7. The Hall–Kier alpha value is -1.78. The Morgan fingerprint density at radius 1 is 0.633 bits per heavy atom. The van der Waals surface area contributed by atoms with Crippen molar-refractivity contribution in [3.05, 3.63) is 35.9 Å². The predicted octanol–water partition coefficient (Wildman–Crippen LogP) is 4.80. The van der Waals surface area contributed by atoms with Crippen molar-refractivity contribution >= 4 is 10.0 Å². The Labute approximate surface area is 158 Å². The summed E-state index contributed by atoms with van der Waals surface area (Å²) >= 11 is 0. The molecule has 0 aliphatic carbocycles. The first-order valence-electron chi connectivity index (χ1n) is 7.07. The van der Waals surface area contributed by atoms with Crippen molar-refractivity contribution < 1.29 is 65.5 Å². The second kappa shape index (κ2) is 7.42. The van der Waals surface area contributed by atoms with Crippen LogP contribution >= 0.6 is 0 Å². The van der Waals surface area contributed by atoms with Crippen LogP contribution in [0.25, 0.3) is 0 Å². The normalized spacial score (nSPS) is 15.4. The number of hydrogen-bond acceptors (Lipinski definition) is 2. The highest BCUT2D eigenvalue weighted by molar-refractivity contribution is 7.90. The maximum absolute atomic E-state index is 13.7. The van der Waals surface area contributed by atoms with Crippen LogP contribution in [0.1, 0.15) is 5.56 Å². The fourth-order valence-corrected chi connectivity index (χ4v) is 2.79. The third-order valence-electron chi connectivity index (χ3n) is 3.55. The van der Waals surface area contributed by atoms with Gasteiger partial charge in [-0.1, -0.05) is 30.3 Å². The molecule has 0 spiro atoms. The number of alkyl halides is 13. The zero-order chi connectivity index (χ0) is 24.0. The van der Waals surface area contributed by atoms with E-state index in [1.165, 1.54) is 18.2 Å². The molecule has 1 aromatic carbocycles. The van der Waals surface area contributed by atoms with Gasteiger partial charge in [0.2, 0.25) is 0 Å². The summed E-state index contributed by atoms with van der Waals surface area (Å²) in [5, 5.41) is -7.25. The van der Waals surface area contributed by atoms with Gasteiger partial charge in [-0.2, -0.15) is 57.1 Å². The SMILES string of the molecule is O=S(=O)(NCc1ccccc1)C(F)(F)C(F)(F)C(F)(F)C(F)(F)C(F)(F)C(F)(F)F. The summed E-state index contributed by atoms with van der Waals surface area (Å²) < 4.78 is 192. The number of hydrogen-bond donors (Lipinski definition) is 1. The van der Waals surface area contributed by atoms with Gasteiger partial charge in [-0.3, -0.25) is 0 Å². The zero-order valence-corrected chi connectivity index (χ0v) is 14.5. The van der Waals surface area contributed by atoms with Crippen LogP contribution in [0.5, 0.6) is 0 Å². The molecule has 30 heavy (non-hydrogen) atoms. The van der Waals surface area contributed by atoms with E-state index in [4.69, 9.17) is 0 Å². The van der Waals surface area contributed by atoms with Crippen molar-refractivity contribution in [2.45, 2.75) is 41.7 Å². The third-order valence-corrected chi connectivity index (χ3v) is 5.01. The van der Waals surface area contributed by atoms with Crippen LogP contribution in [-0.4, -0.2) is 43.5 Å². The first-order chi connectivity index (χ1) is 13.1. The topological polar surface area (TPSA) is 46.2 Å².